The third kappa shape index (κ3) is 4.60. The zero-order valence-electron chi connectivity index (χ0n) is 14.0. The second kappa shape index (κ2) is 7.45. The fraction of sp³-hybridized carbons (Fsp3) is 0.333. The van der Waals surface area contributed by atoms with Gasteiger partial charge in [-0.25, -0.2) is 4.98 Å². The van der Waals surface area contributed by atoms with Gasteiger partial charge in [0.15, 0.2) is 11.5 Å². The van der Waals surface area contributed by atoms with Crippen molar-refractivity contribution in [1.29, 1.82) is 0 Å². The third-order valence-corrected chi connectivity index (χ3v) is 4.27. The number of fused-ring (bicyclic) bond motifs is 1. The predicted octanol–water partition coefficient (Wildman–Crippen LogP) is 4.72. The van der Waals surface area contributed by atoms with Crippen LogP contribution in [0.3, 0.4) is 0 Å². The Morgan fingerprint density at radius 1 is 1.19 bits per heavy atom. The molecule has 0 aliphatic carbocycles. The number of amides is 1. The SMILES string of the molecule is Cc1ccc(NC(=O)CCCCc2ccc3c(c2)OC(F)(F)O3)nc1Cl. The first kappa shape index (κ1) is 18.4. The second-order valence-corrected chi connectivity index (χ2v) is 6.37. The normalized spacial score (nSPS) is 14.3. The molecule has 1 aliphatic heterocycles. The number of pyridine rings is 1. The van der Waals surface area contributed by atoms with Gasteiger partial charge in [-0.1, -0.05) is 23.7 Å². The molecule has 0 unspecified atom stereocenters. The molecule has 8 heteroatoms. The molecular formula is C18H17ClF2N2O3. The fourth-order valence-electron chi connectivity index (χ4n) is 2.54. The van der Waals surface area contributed by atoms with Gasteiger partial charge in [-0.3, -0.25) is 4.79 Å². The minimum atomic E-state index is -3.61. The molecular weight excluding hydrogens is 366 g/mol. The molecule has 0 bridgehead atoms. The molecule has 0 atom stereocenters. The van der Waals surface area contributed by atoms with Crippen molar-refractivity contribution >= 4 is 23.3 Å². The number of hydrogen-bond donors (Lipinski definition) is 1. The molecule has 0 spiro atoms. The molecule has 5 nitrogen and oxygen atoms in total. The van der Waals surface area contributed by atoms with Gasteiger partial charge >= 0.3 is 6.29 Å². The number of benzene rings is 1. The van der Waals surface area contributed by atoms with E-state index in [2.05, 4.69) is 19.8 Å². The summed E-state index contributed by atoms with van der Waals surface area (Å²) < 4.78 is 34.8. The Balaban J connectivity index is 1.43. The number of hydrogen-bond acceptors (Lipinski definition) is 4. The Hall–Kier alpha value is -2.41. The average molecular weight is 383 g/mol. The van der Waals surface area contributed by atoms with Crippen LogP contribution in [-0.4, -0.2) is 17.2 Å². The number of anilines is 1. The van der Waals surface area contributed by atoms with Gasteiger partial charge in [-0.15, -0.1) is 8.78 Å². The molecule has 138 valence electrons. The van der Waals surface area contributed by atoms with Crippen molar-refractivity contribution in [3.05, 3.63) is 46.6 Å². The number of nitrogens with zero attached hydrogens (tertiary/aromatic N) is 1. The number of carbonyl (C=O) groups is 1. The van der Waals surface area contributed by atoms with Crippen molar-refractivity contribution in [3.8, 4) is 11.5 Å². The first-order chi connectivity index (χ1) is 12.3. The monoisotopic (exact) mass is 382 g/mol. The molecule has 2 heterocycles. The lowest BCUT2D eigenvalue weighted by Crippen LogP contribution is -2.25. The zero-order chi connectivity index (χ0) is 18.7. The Morgan fingerprint density at radius 2 is 1.96 bits per heavy atom. The third-order valence-electron chi connectivity index (χ3n) is 3.89. The van der Waals surface area contributed by atoms with Crippen LogP contribution in [0.4, 0.5) is 14.6 Å². The number of halogens is 3. The van der Waals surface area contributed by atoms with Crippen LogP contribution in [0.2, 0.25) is 5.15 Å². The summed E-state index contributed by atoms with van der Waals surface area (Å²) in [6.07, 6.45) is -1.26. The van der Waals surface area contributed by atoms with E-state index < -0.39 is 6.29 Å². The summed E-state index contributed by atoms with van der Waals surface area (Å²) in [4.78, 5) is 16.0. The van der Waals surface area contributed by atoms with Crippen LogP contribution < -0.4 is 14.8 Å². The summed E-state index contributed by atoms with van der Waals surface area (Å²) in [6, 6.07) is 8.19. The van der Waals surface area contributed by atoms with E-state index in [4.69, 9.17) is 11.6 Å². The van der Waals surface area contributed by atoms with Gasteiger partial charge in [-0.05, 0) is 55.5 Å². The Labute approximate surface area is 154 Å². The van der Waals surface area contributed by atoms with Gasteiger partial charge in [0.1, 0.15) is 11.0 Å². The molecule has 1 amide bonds. The second-order valence-electron chi connectivity index (χ2n) is 6.01. The molecule has 0 saturated heterocycles. The van der Waals surface area contributed by atoms with Crippen molar-refractivity contribution in [1.82, 2.24) is 4.98 Å². The molecule has 1 N–H and O–H groups in total. The van der Waals surface area contributed by atoms with Crippen LogP contribution >= 0.6 is 11.6 Å². The van der Waals surface area contributed by atoms with E-state index in [0.29, 0.717) is 30.2 Å². The highest BCUT2D eigenvalue weighted by molar-refractivity contribution is 6.30. The van der Waals surface area contributed by atoms with Crippen LogP contribution in [0, 0.1) is 6.92 Å². The summed E-state index contributed by atoms with van der Waals surface area (Å²) >= 11 is 5.92. The molecule has 1 aliphatic rings. The Kier molecular flexibility index (Phi) is 5.27. The molecule has 1 aromatic carbocycles. The number of ether oxygens (including phenoxy) is 2. The number of nitrogens with one attached hydrogen (secondary N) is 1. The van der Waals surface area contributed by atoms with Crippen LogP contribution in [0.1, 0.15) is 30.4 Å². The lowest BCUT2D eigenvalue weighted by atomic mass is 10.1. The van der Waals surface area contributed by atoms with E-state index in [-0.39, 0.29) is 17.4 Å². The standard InChI is InChI=1S/C18H17ClF2N2O3/c1-11-6-9-15(23-17(11)19)22-16(24)5-3-2-4-12-7-8-13-14(10-12)26-18(20,21)25-13/h6-10H,2-5H2,1H3,(H,22,23,24). The number of aromatic nitrogens is 1. The summed E-state index contributed by atoms with van der Waals surface area (Å²) in [7, 11) is 0. The van der Waals surface area contributed by atoms with Gasteiger partial charge < -0.3 is 14.8 Å². The number of aryl methyl sites for hydroxylation is 2. The first-order valence-electron chi connectivity index (χ1n) is 8.14. The molecule has 0 fully saturated rings. The van der Waals surface area contributed by atoms with Gasteiger partial charge in [0, 0.05) is 6.42 Å². The van der Waals surface area contributed by atoms with Crippen molar-refractivity contribution in [2.24, 2.45) is 0 Å². The van der Waals surface area contributed by atoms with Crippen molar-refractivity contribution in [3.63, 3.8) is 0 Å². The smallest absolute Gasteiger partial charge is 0.395 e. The minimum Gasteiger partial charge on any atom is -0.395 e. The minimum absolute atomic E-state index is 0.0300. The van der Waals surface area contributed by atoms with Gasteiger partial charge in [-0.2, -0.15) is 0 Å². The largest absolute Gasteiger partial charge is 0.586 e. The van der Waals surface area contributed by atoms with E-state index in [1.165, 1.54) is 12.1 Å². The van der Waals surface area contributed by atoms with Crippen molar-refractivity contribution in [2.75, 3.05) is 5.32 Å². The molecule has 26 heavy (non-hydrogen) atoms. The summed E-state index contributed by atoms with van der Waals surface area (Å²) in [5.74, 6) is 0.333. The van der Waals surface area contributed by atoms with E-state index in [1.54, 1.807) is 18.2 Å². The lowest BCUT2D eigenvalue weighted by Gasteiger charge is -2.06. The number of unbranched alkanes of at least 4 members (excludes halogenated alkanes) is 1. The molecule has 1 aromatic heterocycles. The molecule has 0 radical (unpaired) electrons. The fourth-order valence-corrected chi connectivity index (χ4v) is 2.70. The van der Waals surface area contributed by atoms with Crippen LogP contribution in [-0.2, 0) is 11.2 Å². The predicted molar refractivity (Wildman–Crippen MR) is 92.8 cm³/mol. The average Bonchev–Trinajstić information content (AvgIpc) is 2.88. The van der Waals surface area contributed by atoms with Crippen molar-refractivity contribution in [2.45, 2.75) is 38.9 Å². The Morgan fingerprint density at radius 3 is 2.73 bits per heavy atom. The number of rotatable bonds is 6. The van der Waals surface area contributed by atoms with Crippen LogP contribution in [0.15, 0.2) is 30.3 Å². The quantitative estimate of drug-likeness (QED) is 0.580. The highest BCUT2D eigenvalue weighted by Gasteiger charge is 2.43. The topological polar surface area (TPSA) is 60.5 Å². The van der Waals surface area contributed by atoms with E-state index >= 15 is 0 Å². The van der Waals surface area contributed by atoms with Crippen molar-refractivity contribution < 1.29 is 23.0 Å². The zero-order valence-corrected chi connectivity index (χ0v) is 14.8. The number of alkyl halides is 2. The summed E-state index contributed by atoms with van der Waals surface area (Å²) in [6.45, 7) is 1.83. The maximum absolute atomic E-state index is 13.0. The highest BCUT2D eigenvalue weighted by atomic mass is 35.5. The highest BCUT2D eigenvalue weighted by Crippen LogP contribution is 2.41. The van der Waals surface area contributed by atoms with Gasteiger partial charge in [0.2, 0.25) is 5.91 Å². The molecule has 3 rings (SSSR count). The van der Waals surface area contributed by atoms with Gasteiger partial charge in [0.05, 0.1) is 0 Å². The van der Waals surface area contributed by atoms with E-state index in [9.17, 15) is 13.6 Å². The maximum atomic E-state index is 13.0. The Bertz CT molecular complexity index is 830. The number of carbonyl (C=O) groups excluding carboxylic acids is 1. The lowest BCUT2D eigenvalue weighted by molar-refractivity contribution is -0.286. The van der Waals surface area contributed by atoms with Crippen LogP contribution in [0.5, 0.6) is 11.5 Å². The maximum Gasteiger partial charge on any atom is 0.586 e. The van der Waals surface area contributed by atoms with Crippen LogP contribution in [0.25, 0.3) is 0 Å². The molecule has 2 aromatic rings. The summed E-state index contributed by atoms with van der Waals surface area (Å²) in [5.41, 5.74) is 1.68. The summed E-state index contributed by atoms with van der Waals surface area (Å²) in [5, 5.41) is 3.05. The first-order valence-corrected chi connectivity index (χ1v) is 8.52. The van der Waals surface area contributed by atoms with E-state index in [1.807, 2.05) is 6.92 Å². The molecule has 0 saturated carbocycles. The van der Waals surface area contributed by atoms with E-state index in [0.717, 1.165) is 17.5 Å². The van der Waals surface area contributed by atoms with Gasteiger partial charge in [0.25, 0.3) is 0 Å².